The molecule has 0 aliphatic heterocycles. The summed E-state index contributed by atoms with van der Waals surface area (Å²) in [5.41, 5.74) is 1.16. The van der Waals surface area contributed by atoms with E-state index in [1.807, 2.05) is 0 Å². The maximum Gasteiger partial charge on any atom is 0.282 e. The number of benzene rings is 2. The summed E-state index contributed by atoms with van der Waals surface area (Å²) in [6.07, 6.45) is 1.43. The van der Waals surface area contributed by atoms with Crippen LogP contribution in [0.4, 0.5) is 0 Å². The number of carbonyl (C=O) groups excluding carboxylic acids is 1. The van der Waals surface area contributed by atoms with E-state index in [1.165, 1.54) is 18.2 Å². The second-order valence-electron chi connectivity index (χ2n) is 4.77. The van der Waals surface area contributed by atoms with E-state index in [4.69, 9.17) is 0 Å². The largest absolute Gasteiger partial charge is 0.288 e. The van der Waals surface area contributed by atoms with Gasteiger partial charge in [0.05, 0.1) is 15.1 Å². The maximum atomic E-state index is 12.5. The number of hydrogen-bond donors (Lipinski definition) is 0. The Balaban J connectivity index is 2.15. The summed E-state index contributed by atoms with van der Waals surface area (Å²) in [7, 11) is -3.87. The highest BCUT2D eigenvalue weighted by atomic mass is 79.9. The number of sulfonamides is 1. The van der Waals surface area contributed by atoms with Gasteiger partial charge in [0.25, 0.3) is 10.0 Å². The lowest BCUT2D eigenvalue weighted by Gasteiger charge is -2.14. The summed E-state index contributed by atoms with van der Waals surface area (Å²) >= 11 is 6.43. The summed E-state index contributed by atoms with van der Waals surface area (Å²) in [6.45, 7) is 0. The van der Waals surface area contributed by atoms with Crippen LogP contribution in [0.5, 0.6) is 0 Å². The molecule has 0 heterocycles. The number of carbonyl (C=O) groups is 1. The average molecular weight is 455 g/mol. The van der Waals surface area contributed by atoms with Gasteiger partial charge in [0.1, 0.15) is 0 Å². The van der Waals surface area contributed by atoms with Gasteiger partial charge in [0, 0.05) is 15.6 Å². The van der Waals surface area contributed by atoms with E-state index in [9.17, 15) is 13.2 Å². The molecule has 3 rings (SSSR count). The Bertz CT molecular complexity index is 961. The molecule has 4 nitrogen and oxygen atoms in total. The first kappa shape index (κ1) is 16.3. The third-order valence-corrected chi connectivity index (χ3v) is 5.68. The average Bonchev–Trinajstić information content (AvgIpc) is 2.52. The Kier molecular flexibility index (Phi) is 4.35. The summed E-state index contributed by atoms with van der Waals surface area (Å²) in [5, 5.41) is 0. The van der Waals surface area contributed by atoms with Crippen molar-refractivity contribution in [3.8, 4) is 0 Å². The SMILES string of the molecule is O=C1C(Br)=C/C(=N\S(=O)(=O)c2ccc(Br)cc2)c2ccccc21. The van der Waals surface area contributed by atoms with Crippen molar-refractivity contribution in [3.63, 3.8) is 0 Å². The summed E-state index contributed by atoms with van der Waals surface area (Å²) in [6, 6.07) is 13.0. The minimum atomic E-state index is -3.87. The van der Waals surface area contributed by atoms with Crippen LogP contribution in [0.2, 0.25) is 0 Å². The molecule has 0 spiro atoms. The number of allylic oxidation sites excluding steroid dienone is 2. The highest BCUT2D eigenvalue weighted by Gasteiger charge is 2.24. The van der Waals surface area contributed by atoms with Gasteiger partial charge in [0.2, 0.25) is 5.78 Å². The van der Waals surface area contributed by atoms with Crippen molar-refractivity contribution < 1.29 is 13.2 Å². The standard InChI is InChI=1S/C16H9Br2NO3S/c17-10-5-7-11(8-6-10)23(21,22)19-15-9-14(18)16(20)13-4-2-1-3-12(13)15/h1-9H/b19-15+. The van der Waals surface area contributed by atoms with Crippen molar-refractivity contribution in [3.05, 3.63) is 74.7 Å². The van der Waals surface area contributed by atoms with E-state index in [-0.39, 0.29) is 20.9 Å². The van der Waals surface area contributed by atoms with Gasteiger partial charge in [0.15, 0.2) is 0 Å². The van der Waals surface area contributed by atoms with E-state index in [2.05, 4.69) is 36.3 Å². The normalized spacial score (nSPS) is 16.2. The fraction of sp³-hybridized carbons (Fsp3) is 0. The molecule has 0 fully saturated rings. The van der Waals surface area contributed by atoms with Crippen LogP contribution in [-0.4, -0.2) is 19.9 Å². The van der Waals surface area contributed by atoms with Gasteiger partial charge in [-0.2, -0.15) is 12.8 Å². The minimum absolute atomic E-state index is 0.0899. The van der Waals surface area contributed by atoms with Crippen molar-refractivity contribution >= 4 is 53.4 Å². The predicted octanol–water partition coefficient (Wildman–Crippen LogP) is 4.10. The lowest BCUT2D eigenvalue weighted by atomic mass is 9.94. The number of ketones is 1. The van der Waals surface area contributed by atoms with Gasteiger partial charge in [-0.15, -0.1) is 0 Å². The molecule has 7 heteroatoms. The highest BCUT2D eigenvalue weighted by molar-refractivity contribution is 9.12. The van der Waals surface area contributed by atoms with Gasteiger partial charge in [-0.3, -0.25) is 4.79 Å². The highest BCUT2D eigenvalue weighted by Crippen LogP contribution is 2.26. The number of nitrogens with zero attached hydrogens (tertiary/aromatic N) is 1. The Labute approximate surface area is 150 Å². The molecule has 2 aromatic carbocycles. The number of fused-ring (bicyclic) bond motifs is 1. The van der Waals surface area contributed by atoms with Crippen molar-refractivity contribution in [2.45, 2.75) is 4.90 Å². The molecule has 1 aliphatic carbocycles. The second-order valence-corrected chi connectivity index (χ2v) is 8.15. The lowest BCUT2D eigenvalue weighted by Crippen LogP contribution is -2.16. The van der Waals surface area contributed by atoms with Crippen LogP contribution in [0.25, 0.3) is 0 Å². The zero-order valence-corrected chi connectivity index (χ0v) is 15.5. The van der Waals surface area contributed by atoms with Crippen LogP contribution in [0.1, 0.15) is 15.9 Å². The fourth-order valence-corrected chi connectivity index (χ4v) is 3.85. The molecule has 0 saturated heterocycles. The topological polar surface area (TPSA) is 63.6 Å². The third kappa shape index (κ3) is 3.22. The first-order valence-electron chi connectivity index (χ1n) is 6.50. The van der Waals surface area contributed by atoms with Crippen LogP contribution < -0.4 is 0 Å². The minimum Gasteiger partial charge on any atom is -0.288 e. The Hall–Kier alpha value is -1.57. The van der Waals surface area contributed by atoms with Gasteiger partial charge in [-0.05, 0) is 46.3 Å². The number of halogens is 2. The first-order valence-corrected chi connectivity index (χ1v) is 9.53. The predicted molar refractivity (Wildman–Crippen MR) is 95.6 cm³/mol. The van der Waals surface area contributed by atoms with Crippen LogP contribution in [0, 0.1) is 0 Å². The quantitative estimate of drug-likeness (QED) is 0.686. The molecule has 0 bridgehead atoms. The van der Waals surface area contributed by atoms with E-state index in [0.717, 1.165) is 4.47 Å². The Morgan fingerprint density at radius 2 is 1.48 bits per heavy atom. The summed E-state index contributed by atoms with van der Waals surface area (Å²) in [4.78, 5) is 12.2. The van der Waals surface area contributed by atoms with Crippen LogP contribution in [0.3, 0.4) is 0 Å². The fourth-order valence-electron chi connectivity index (χ4n) is 2.16. The summed E-state index contributed by atoms with van der Waals surface area (Å²) in [5.74, 6) is -0.194. The monoisotopic (exact) mass is 453 g/mol. The molecule has 0 radical (unpaired) electrons. The van der Waals surface area contributed by atoms with Crippen molar-refractivity contribution in [2.75, 3.05) is 0 Å². The lowest BCUT2D eigenvalue weighted by molar-refractivity contribution is 0.104. The van der Waals surface area contributed by atoms with E-state index >= 15 is 0 Å². The van der Waals surface area contributed by atoms with E-state index in [1.54, 1.807) is 36.4 Å². The first-order chi connectivity index (χ1) is 10.9. The molecule has 0 aromatic heterocycles. The maximum absolute atomic E-state index is 12.5. The molecule has 23 heavy (non-hydrogen) atoms. The second kappa shape index (κ2) is 6.14. The zero-order valence-electron chi connectivity index (χ0n) is 11.5. The number of Topliss-reactive ketones (excluding diaryl/α,β-unsaturated/α-hetero) is 1. The molecule has 2 aromatic rings. The van der Waals surface area contributed by atoms with Crippen molar-refractivity contribution in [1.29, 1.82) is 0 Å². The van der Waals surface area contributed by atoms with Crippen LogP contribution in [0.15, 0.2) is 72.9 Å². The molecule has 116 valence electrons. The van der Waals surface area contributed by atoms with Gasteiger partial charge < -0.3 is 0 Å². The van der Waals surface area contributed by atoms with Gasteiger partial charge in [-0.1, -0.05) is 40.2 Å². The molecule has 1 aliphatic rings. The zero-order chi connectivity index (χ0) is 16.6. The van der Waals surface area contributed by atoms with Crippen molar-refractivity contribution in [2.24, 2.45) is 4.40 Å². The van der Waals surface area contributed by atoms with Crippen molar-refractivity contribution in [1.82, 2.24) is 0 Å². The molecule has 0 amide bonds. The molecule has 0 unspecified atom stereocenters. The molecular weight excluding hydrogens is 446 g/mol. The van der Waals surface area contributed by atoms with Crippen LogP contribution >= 0.6 is 31.9 Å². The van der Waals surface area contributed by atoms with Gasteiger partial charge in [-0.25, -0.2) is 0 Å². The smallest absolute Gasteiger partial charge is 0.282 e. The number of hydrogen-bond acceptors (Lipinski definition) is 3. The van der Waals surface area contributed by atoms with E-state index < -0.39 is 10.0 Å². The Morgan fingerprint density at radius 1 is 0.870 bits per heavy atom. The number of rotatable bonds is 2. The molecule has 0 N–H and O–H groups in total. The molecular formula is C16H9Br2NO3S. The van der Waals surface area contributed by atoms with Gasteiger partial charge >= 0.3 is 0 Å². The van der Waals surface area contributed by atoms with E-state index in [0.29, 0.717) is 11.1 Å². The van der Waals surface area contributed by atoms with Crippen LogP contribution in [-0.2, 0) is 10.0 Å². The molecule has 0 atom stereocenters. The third-order valence-electron chi connectivity index (χ3n) is 3.26. The molecule has 0 saturated carbocycles. The Morgan fingerprint density at radius 3 is 2.13 bits per heavy atom. The summed E-state index contributed by atoms with van der Waals surface area (Å²) < 4.78 is 29.9.